The highest BCUT2D eigenvalue weighted by Gasteiger charge is 2.20. The van der Waals surface area contributed by atoms with E-state index in [0.717, 1.165) is 12.0 Å². The van der Waals surface area contributed by atoms with Crippen LogP contribution in [0, 0.1) is 19.8 Å². The van der Waals surface area contributed by atoms with E-state index in [-0.39, 0.29) is 0 Å². The molecule has 0 unspecified atom stereocenters. The van der Waals surface area contributed by atoms with Crippen LogP contribution in [0.5, 0.6) is 0 Å². The Labute approximate surface area is 121 Å². The third-order valence-corrected chi connectivity index (χ3v) is 5.74. The molecule has 1 aliphatic carbocycles. The van der Waals surface area contributed by atoms with Crippen LogP contribution in [0.3, 0.4) is 0 Å². The van der Waals surface area contributed by atoms with E-state index in [1.54, 1.807) is 19.1 Å². The van der Waals surface area contributed by atoms with Crippen LogP contribution in [-0.2, 0) is 10.0 Å². The van der Waals surface area contributed by atoms with Crippen LogP contribution >= 0.6 is 0 Å². The van der Waals surface area contributed by atoms with Crippen molar-refractivity contribution in [1.29, 1.82) is 0 Å². The average molecular weight is 296 g/mol. The molecule has 1 aromatic rings. The predicted molar refractivity (Wildman–Crippen MR) is 82.1 cm³/mol. The molecule has 112 valence electrons. The zero-order chi connectivity index (χ0) is 14.8. The van der Waals surface area contributed by atoms with Gasteiger partial charge in [0, 0.05) is 12.2 Å². The molecule has 4 nitrogen and oxygen atoms in total. The third-order valence-electron chi connectivity index (χ3n) is 4.15. The molecule has 0 bridgehead atoms. The van der Waals surface area contributed by atoms with E-state index < -0.39 is 10.0 Å². The monoisotopic (exact) mass is 296 g/mol. The van der Waals surface area contributed by atoms with Crippen LogP contribution in [0.2, 0.25) is 0 Å². The van der Waals surface area contributed by atoms with E-state index in [4.69, 9.17) is 5.73 Å². The first-order chi connectivity index (χ1) is 9.40. The van der Waals surface area contributed by atoms with Crippen molar-refractivity contribution < 1.29 is 8.42 Å². The van der Waals surface area contributed by atoms with Crippen molar-refractivity contribution in [3.05, 3.63) is 23.3 Å². The van der Waals surface area contributed by atoms with E-state index in [0.29, 0.717) is 28.6 Å². The maximum atomic E-state index is 12.4. The van der Waals surface area contributed by atoms with E-state index in [1.165, 1.54) is 25.7 Å². The number of rotatable bonds is 5. The Bertz CT molecular complexity index is 576. The highest BCUT2D eigenvalue weighted by molar-refractivity contribution is 7.89. The van der Waals surface area contributed by atoms with Crippen molar-refractivity contribution in [2.45, 2.75) is 50.8 Å². The number of aryl methyl sites for hydroxylation is 1. The van der Waals surface area contributed by atoms with E-state index in [9.17, 15) is 8.42 Å². The van der Waals surface area contributed by atoms with Crippen LogP contribution < -0.4 is 10.5 Å². The highest BCUT2D eigenvalue weighted by atomic mass is 32.2. The predicted octanol–water partition coefficient (Wildman–Crippen LogP) is 2.74. The van der Waals surface area contributed by atoms with Gasteiger partial charge in [-0.1, -0.05) is 25.7 Å². The molecule has 0 aromatic heterocycles. The number of hydrogen-bond acceptors (Lipinski definition) is 3. The van der Waals surface area contributed by atoms with Gasteiger partial charge < -0.3 is 5.73 Å². The Morgan fingerprint density at radius 2 is 1.90 bits per heavy atom. The van der Waals surface area contributed by atoms with Crippen molar-refractivity contribution in [3.63, 3.8) is 0 Å². The number of nitrogens with one attached hydrogen (secondary N) is 1. The molecule has 20 heavy (non-hydrogen) atoms. The van der Waals surface area contributed by atoms with Crippen molar-refractivity contribution in [2.75, 3.05) is 12.3 Å². The Balaban J connectivity index is 2.06. The number of benzene rings is 1. The first-order valence-corrected chi connectivity index (χ1v) is 8.75. The van der Waals surface area contributed by atoms with E-state index in [1.807, 2.05) is 6.92 Å². The van der Waals surface area contributed by atoms with Gasteiger partial charge in [0.05, 0.1) is 4.90 Å². The van der Waals surface area contributed by atoms with Crippen LogP contribution in [0.15, 0.2) is 17.0 Å². The summed E-state index contributed by atoms with van der Waals surface area (Å²) < 4.78 is 27.4. The number of hydrogen-bond donors (Lipinski definition) is 2. The van der Waals surface area contributed by atoms with Crippen LogP contribution in [0.4, 0.5) is 5.69 Å². The third kappa shape index (κ3) is 3.52. The largest absolute Gasteiger partial charge is 0.398 e. The maximum Gasteiger partial charge on any atom is 0.240 e. The minimum atomic E-state index is -3.46. The van der Waals surface area contributed by atoms with Gasteiger partial charge in [-0.15, -0.1) is 0 Å². The summed E-state index contributed by atoms with van der Waals surface area (Å²) in [5.41, 5.74) is 7.88. The van der Waals surface area contributed by atoms with Crippen molar-refractivity contribution in [3.8, 4) is 0 Å². The Kier molecular flexibility index (Phi) is 4.70. The molecule has 0 aliphatic heterocycles. The van der Waals surface area contributed by atoms with Crippen LogP contribution in [0.25, 0.3) is 0 Å². The minimum Gasteiger partial charge on any atom is -0.398 e. The maximum absolute atomic E-state index is 12.4. The van der Waals surface area contributed by atoms with Gasteiger partial charge in [-0.3, -0.25) is 0 Å². The molecule has 0 atom stereocenters. The lowest BCUT2D eigenvalue weighted by Crippen LogP contribution is -2.27. The van der Waals surface area contributed by atoms with Gasteiger partial charge in [0.15, 0.2) is 0 Å². The van der Waals surface area contributed by atoms with Gasteiger partial charge in [0.25, 0.3) is 0 Å². The standard InChI is InChI=1S/C15H24N2O2S/c1-11-9-14(16)12(2)15(10-11)20(18,19)17-8-7-13-5-3-4-6-13/h9-10,13,17H,3-8,16H2,1-2H3. The lowest BCUT2D eigenvalue weighted by Gasteiger charge is -2.13. The number of nitrogens with two attached hydrogens (primary N) is 1. The topological polar surface area (TPSA) is 72.2 Å². The van der Waals surface area contributed by atoms with Crippen LogP contribution in [-0.4, -0.2) is 15.0 Å². The molecule has 1 saturated carbocycles. The first kappa shape index (κ1) is 15.3. The van der Waals surface area contributed by atoms with Gasteiger partial charge >= 0.3 is 0 Å². The summed E-state index contributed by atoms with van der Waals surface area (Å²) in [6.07, 6.45) is 5.96. The van der Waals surface area contributed by atoms with Crippen molar-refractivity contribution in [1.82, 2.24) is 4.72 Å². The fourth-order valence-electron chi connectivity index (χ4n) is 2.91. The normalized spacial score (nSPS) is 16.7. The average Bonchev–Trinajstić information content (AvgIpc) is 2.86. The fraction of sp³-hybridized carbons (Fsp3) is 0.600. The lowest BCUT2D eigenvalue weighted by molar-refractivity contribution is 0.495. The molecule has 2 rings (SSSR count). The minimum absolute atomic E-state index is 0.307. The molecular weight excluding hydrogens is 272 g/mol. The van der Waals surface area contributed by atoms with Gasteiger partial charge in [0.2, 0.25) is 10.0 Å². The van der Waals surface area contributed by atoms with Gasteiger partial charge in [-0.05, 0) is 49.4 Å². The summed E-state index contributed by atoms with van der Waals surface area (Å²) >= 11 is 0. The first-order valence-electron chi connectivity index (χ1n) is 7.26. The van der Waals surface area contributed by atoms with Gasteiger partial charge in [-0.2, -0.15) is 0 Å². The quantitative estimate of drug-likeness (QED) is 0.821. The second-order valence-corrected chi connectivity index (χ2v) is 7.55. The summed E-state index contributed by atoms with van der Waals surface area (Å²) in [7, 11) is -3.46. The zero-order valence-corrected chi connectivity index (χ0v) is 13.1. The summed E-state index contributed by atoms with van der Waals surface area (Å²) in [5, 5.41) is 0. The van der Waals surface area contributed by atoms with Crippen molar-refractivity contribution >= 4 is 15.7 Å². The molecule has 0 radical (unpaired) electrons. The Morgan fingerprint density at radius 1 is 1.25 bits per heavy atom. The molecule has 3 N–H and O–H groups in total. The molecular formula is C15H24N2O2S. The SMILES string of the molecule is Cc1cc(N)c(C)c(S(=O)(=O)NCCC2CCCC2)c1. The summed E-state index contributed by atoms with van der Waals surface area (Å²) in [4.78, 5) is 0.307. The zero-order valence-electron chi connectivity index (χ0n) is 12.3. The molecule has 0 heterocycles. The van der Waals surface area contributed by atoms with Crippen LogP contribution in [0.1, 0.15) is 43.2 Å². The molecule has 0 spiro atoms. The van der Waals surface area contributed by atoms with E-state index >= 15 is 0 Å². The molecule has 5 heteroatoms. The van der Waals surface area contributed by atoms with Gasteiger partial charge in [0.1, 0.15) is 0 Å². The Morgan fingerprint density at radius 3 is 2.55 bits per heavy atom. The molecule has 0 saturated heterocycles. The molecule has 1 fully saturated rings. The van der Waals surface area contributed by atoms with E-state index in [2.05, 4.69) is 4.72 Å². The second-order valence-electron chi connectivity index (χ2n) is 5.81. The smallest absolute Gasteiger partial charge is 0.240 e. The Hall–Kier alpha value is -1.07. The van der Waals surface area contributed by atoms with Crippen molar-refractivity contribution in [2.24, 2.45) is 5.92 Å². The second kappa shape index (κ2) is 6.14. The molecule has 1 aliphatic rings. The highest BCUT2D eigenvalue weighted by Crippen LogP contribution is 2.27. The number of nitrogen functional groups attached to an aromatic ring is 1. The summed E-state index contributed by atoms with van der Waals surface area (Å²) in [5.74, 6) is 0.682. The fourth-order valence-corrected chi connectivity index (χ4v) is 4.31. The summed E-state index contributed by atoms with van der Waals surface area (Å²) in [6, 6.07) is 3.48. The summed E-state index contributed by atoms with van der Waals surface area (Å²) in [6.45, 7) is 4.12. The lowest BCUT2D eigenvalue weighted by atomic mass is 10.1. The molecule has 1 aromatic carbocycles. The molecule has 0 amide bonds. The van der Waals surface area contributed by atoms with Gasteiger partial charge in [-0.25, -0.2) is 13.1 Å². The number of anilines is 1. The number of sulfonamides is 1.